The van der Waals surface area contributed by atoms with Gasteiger partial charge in [0.25, 0.3) is 0 Å². The van der Waals surface area contributed by atoms with Crippen molar-refractivity contribution < 1.29 is 9.47 Å². The minimum Gasteiger partial charge on any atom is -0.497 e. The van der Waals surface area contributed by atoms with E-state index >= 15 is 0 Å². The van der Waals surface area contributed by atoms with Gasteiger partial charge >= 0.3 is 0 Å². The highest BCUT2D eigenvalue weighted by Crippen LogP contribution is 2.30. The van der Waals surface area contributed by atoms with Crippen molar-refractivity contribution >= 4 is 0 Å². The number of hydrogen-bond acceptors (Lipinski definition) is 3. The van der Waals surface area contributed by atoms with Crippen LogP contribution in [0.2, 0.25) is 0 Å². The van der Waals surface area contributed by atoms with Crippen LogP contribution in [0, 0.1) is 5.41 Å². The van der Waals surface area contributed by atoms with Gasteiger partial charge in [-0.25, -0.2) is 0 Å². The second kappa shape index (κ2) is 6.80. The van der Waals surface area contributed by atoms with Gasteiger partial charge in [-0.3, -0.25) is 0 Å². The molecular formula is C16H27NO2. The van der Waals surface area contributed by atoms with Crippen LogP contribution in [0.15, 0.2) is 18.2 Å². The molecule has 0 saturated heterocycles. The van der Waals surface area contributed by atoms with Crippen LogP contribution in [0.3, 0.4) is 0 Å². The molecule has 0 bridgehead atoms. The maximum atomic E-state index is 5.43. The molecule has 0 amide bonds. The van der Waals surface area contributed by atoms with Crippen LogP contribution in [-0.2, 0) is 0 Å². The first-order chi connectivity index (χ1) is 8.93. The molecule has 0 aliphatic carbocycles. The van der Waals surface area contributed by atoms with Crippen molar-refractivity contribution in [2.24, 2.45) is 5.41 Å². The van der Waals surface area contributed by atoms with E-state index in [1.165, 1.54) is 0 Å². The summed E-state index contributed by atoms with van der Waals surface area (Å²) < 4.78 is 10.7. The number of rotatable bonds is 7. The highest BCUT2D eigenvalue weighted by atomic mass is 16.5. The second-order valence-electron chi connectivity index (χ2n) is 5.73. The van der Waals surface area contributed by atoms with Crippen LogP contribution in [0.25, 0.3) is 0 Å². The molecule has 19 heavy (non-hydrogen) atoms. The quantitative estimate of drug-likeness (QED) is 0.813. The first-order valence-electron chi connectivity index (χ1n) is 6.89. The van der Waals surface area contributed by atoms with E-state index in [1.807, 2.05) is 18.2 Å². The van der Waals surface area contributed by atoms with Gasteiger partial charge in [-0.15, -0.1) is 0 Å². The molecule has 1 aromatic carbocycles. The molecule has 0 aliphatic heterocycles. The third-order valence-electron chi connectivity index (χ3n) is 3.75. The molecular weight excluding hydrogens is 238 g/mol. The molecule has 0 aromatic heterocycles. The number of benzene rings is 1. The van der Waals surface area contributed by atoms with Gasteiger partial charge in [-0.2, -0.15) is 0 Å². The van der Waals surface area contributed by atoms with Gasteiger partial charge in [0.1, 0.15) is 11.5 Å². The molecule has 0 spiro atoms. The summed E-state index contributed by atoms with van der Waals surface area (Å²) in [5.74, 6) is 1.76. The van der Waals surface area contributed by atoms with Gasteiger partial charge in [-0.05, 0) is 37.0 Å². The van der Waals surface area contributed by atoms with Gasteiger partial charge in [0.2, 0.25) is 0 Å². The normalized spacial score (nSPS) is 13.2. The topological polar surface area (TPSA) is 30.5 Å². The zero-order valence-electron chi connectivity index (χ0n) is 13.0. The second-order valence-corrected chi connectivity index (χ2v) is 5.73. The largest absolute Gasteiger partial charge is 0.497 e. The Morgan fingerprint density at radius 2 is 1.89 bits per heavy atom. The Kier molecular flexibility index (Phi) is 5.67. The zero-order chi connectivity index (χ0) is 14.5. The van der Waals surface area contributed by atoms with Crippen molar-refractivity contribution in [3.8, 4) is 11.5 Å². The van der Waals surface area contributed by atoms with Crippen LogP contribution in [-0.4, -0.2) is 20.8 Å². The van der Waals surface area contributed by atoms with Gasteiger partial charge < -0.3 is 14.8 Å². The average molecular weight is 265 g/mol. The Labute approximate surface area is 117 Å². The standard InChI is InChI=1S/C16H27NO2/c1-7-16(3,4)11-17-12(2)14-10-13(18-5)8-9-15(14)19-6/h8-10,12,17H,7,11H2,1-6H3. The molecule has 0 saturated carbocycles. The zero-order valence-corrected chi connectivity index (χ0v) is 13.0. The molecule has 1 atom stereocenters. The summed E-state index contributed by atoms with van der Waals surface area (Å²) in [5, 5.41) is 3.58. The molecule has 0 fully saturated rings. The summed E-state index contributed by atoms with van der Waals surface area (Å²) in [4.78, 5) is 0. The predicted molar refractivity (Wildman–Crippen MR) is 80.0 cm³/mol. The molecule has 108 valence electrons. The van der Waals surface area contributed by atoms with Gasteiger partial charge in [-0.1, -0.05) is 20.8 Å². The lowest BCUT2D eigenvalue weighted by Crippen LogP contribution is -2.31. The van der Waals surface area contributed by atoms with E-state index in [0.717, 1.165) is 30.0 Å². The van der Waals surface area contributed by atoms with Crippen molar-refractivity contribution in [1.82, 2.24) is 5.32 Å². The van der Waals surface area contributed by atoms with E-state index in [9.17, 15) is 0 Å². The van der Waals surface area contributed by atoms with E-state index in [-0.39, 0.29) is 6.04 Å². The van der Waals surface area contributed by atoms with Crippen molar-refractivity contribution in [3.05, 3.63) is 23.8 Å². The summed E-state index contributed by atoms with van der Waals surface area (Å²) in [6.45, 7) is 9.90. The first-order valence-corrected chi connectivity index (χ1v) is 6.89. The summed E-state index contributed by atoms with van der Waals surface area (Å²) in [6, 6.07) is 6.15. The summed E-state index contributed by atoms with van der Waals surface area (Å²) in [6.07, 6.45) is 1.15. The number of methoxy groups -OCH3 is 2. The van der Waals surface area contributed by atoms with Gasteiger partial charge in [0.05, 0.1) is 14.2 Å². The van der Waals surface area contributed by atoms with E-state index in [2.05, 4.69) is 33.0 Å². The van der Waals surface area contributed by atoms with Crippen LogP contribution in [0.4, 0.5) is 0 Å². The molecule has 1 N–H and O–H groups in total. The fourth-order valence-corrected chi connectivity index (χ4v) is 1.84. The third kappa shape index (κ3) is 4.43. The smallest absolute Gasteiger partial charge is 0.123 e. The van der Waals surface area contributed by atoms with Crippen molar-refractivity contribution in [1.29, 1.82) is 0 Å². The van der Waals surface area contributed by atoms with E-state index in [1.54, 1.807) is 14.2 Å². The van der Waals surface area contributed by atoms with Gasteiger partial charge in [0, 0.05) is 18.2 Å². The van der Waals surface area contributed by atoms with Crippen LogP contribution in [0.1, 0.15) is 45.7 Å². The Morgan fingerprint density at radius 3 is 2.42 bits per heavy atom. The first kappa shape index (κ1) is 15.8. The predicted octanol–water partition coefficient (Wildman–Crippen LogP) is 3.79. The summed E-state index contributed by atoms with van der Waals surface area (Å²) in [7, 11) is 3.39. The highest BCUT2D eigenvalue weighted by molar-refractivity contribution is 5.42. The molecule has 0 radical (unpaired) electrons. The molecule has 1 unspecified atom stereocenters. The maximum Gasteiger partial charge on any atom is 0.123 e. The number of hydrogen-bond donors (Lipinski definition) is 1. The Bertz CT molecular complexity index is 402. The van der Waals surface area contributed by atoms with E-state index < -0.39 is 0 Å². The van der Waals surface area contributed by atoms with Crippen molar-refractivity contribution in [2.45, 2.75) is 40.2 Å². The highest BCUT2D eigenvalue weighted by Gasteiger charge is 2.18. The minimum atomic E-state index is 0.232. The third-order valence-corrected chi connectivity index (χ3v) is 3.75. The summed E-state index contributed by atoms with van der Waals surface area (Å²) >= 11 is 0. The van der Waals surface area contributed by atoms with Gasteiger partial charge in [0.15, 0.2) is 0 Å². The van der Waals surface area contributed by atoms with Crippen LogP contribution in [0.5, 0.6) is 11.5 Å². The van der Waals surface area contributed by atoms with Crippen LogP contribution >= 0.6 is 0 Å². The SMILES string of the molecule is CCC(C)(C)CNC(C)c1cc(OC)ccc1OC. The molecule has 0 aliphatic rings. The summed E-state index contributed by atoms with van der Waals surface area (Å²) in [5.41, 5.74) is 1.44. The molecule has 1 rings (SSSR count). The Balaban J connectivity index is 2.82. The lowest BCUT2D eigenvalue weighted by atomic mass is 9.90. The fraction of sp³-hybridized carbons (Fsp3) is 0.625. The lowest BCUT2D eigenvalue weighted by molar-refractivity contribution is 0.310. The number of nitrogens with one attached hydrogen (secondary N) is 1. The Morgan fingerprint density at radius 1 is 1.21 bits per heavy atom. The molecule has 1 aromatic rings. The van der Waals surface area contributed by atoms with Crippen molar-refractivity contribution in [3.63, 3.8) is 0 Å². The minimum absolute atomic E-state index is 0.232. The Hall–Kier alpha value is -1.22. The lowest BCUT2D eigenvalue weighted by Gasteiger charge is -2.26. The van der Waals surface area contributed by atoms with Crippen molar-refractivity contribution in [2.75, 3.05) is 20.8 Å². The maximum absolute atomic E-state index is 5.43. The average Bonchev–Trinajstić information content (AvgIpc) is 2.44. The number of ether oxygens (including phenoxy) is 2. The molecule has 0 heterocycles. The molecule has 3 nitrogen and oxygen atoms in total. The monoisotopic (exact) mass is 265 g/mol. The fourth-order valence-electron chi connectivity index (χ4n) is 1.84. The van der Waals surface area contributed by atoms with Crippen LogP contribution < -0.4 is 14.8 Å². The van der Waals surface area contributed by atoms with E-state index in [4.69, 9.17) is 9.47 Å². The van der Waals surface area contributed by atoms with E-state index in [0.29, 0.717) is 5.41 Å². The molecule has 3 heteroatoms.